The van der Waals surface area contributed by atoms with E-state index in [0.29, 0.717) is 6.42 Å². The van der Waals surface area contributed by atoms with Gasteiger partial charge in [-0.2, -0.15) is 0 Å². The molecule has 1 aromatic rings. The van der Waals surface area contributed by atoms with Crippen molar-refractivity contribution in [1.29, 1.82) is 0 Å². The first kappa shape index (κ1) is 13.2. The summed E-state index contributed by atoms with van der Waals surface area (Å²) in [7, 11) is 0. The highest BCUT2D eigenvalue weighted by atomic mass is 16.1. The van der Waals surface area contributed by atoms with Crippen molar-refractivity contribution in [3.63, 3.8) is 0 Å². The number of Topliss-reactive ketones (excluding diaryl/α,β-unsaturated/α-hetero) is 1. The van der Waals surface area contributed by atoms with Gasteiger partial charge in [-0.3, -0.25) is 14.7 Å². The molecule has 1 N–H and O–H groups in total. The van der Waals surface area contributed by atoms with Gasteiger partial charge < -0.3 is 5.32 Å². The fourth-order valence-corrected chi connectivity index (χ4v) is 2.30. The van der Waals surface area contributed by atoms with E-state index in [2.05, 4.69) is 15.2 Å². The monoisotopic (exact) mass is 247 g/mol. The van der Waals surface area contributed by atoms with E-state index in [-0.39, 0.29) is 5.78 Å². The molecular formula is C14H21N3O. The number of aromatic nitrogens is 1. The van der Waals surface area contributed by atoms with Gasteiger partial charge in [-0.25, -0.2) is 0 Å². The maximum Gasteiger partial charge on any atom is 0.156 e. The van der Waals surface area contributed by atoms with E-state index < -0.39 is 5.54 Å². The van der Waals surface area contributed by atoms with Crippen molar-refractivity contribution < 1.29 is 4.79 Å². The second kappa shape index (κ2) is 5.59. The Kier molecular flexibility index (Phi) is 4.09. The summed E-state index contributed by atoms with van der Waals surface area (Å²) < 4.78 is 0. The molecule has 1 saturated heterocycles. The fourth-order valence-electron chi connectivity index (χ4n) is 2.30. The van der Waals surface area contributed by atoms with E-state index in [1.165, 1.54) is 0 Å². The molecule has 0 unspecified atom stereocenters. The van der Waals surface area contributed by atoms with Gasteiger partial charge >= 0.3 is 0 Å². The number of nitrogens with zero attached hydrogens (tertiary/aromatic N) is 2. The Morgan fingerprint density at radius 3 is 2.78 bits per heavy atom. The zero-order chi connectivity index (χ0) is 13.0. The lowest BCUT2D eigenvalue weighted by Gasteiger charge is -2.40. The number of carbonyl (C=O) groups is 1. The van der Waals surface area contributed by atoms with E-state index in [9.17, 15) is 4.79 Å². The first-order chi connectivity index (χ1) is 8.60. The van der Waals surface area contributed by atoms with Crippen molar-refractivity contribution in [2.75, 3.05) is 26.2 Å². The van der Waals surface area contributed by atoms with Crippen LogP contribution >= 0.6 is 0 Å². The lowest BCUT2D eigenvalue weighted by Crippen LogP contribution is -2.57. The van der Waals surface area contributed by atoms with Crippen molar-refractivity contribution >= 4 is 5.78 Å². The Labute approximate surface area is 108 Å². The Morgan fingerprint density at radius 2 is 2.17 bits per heavy atom. The predicted octanol–water partition coefficient (Wildman–Crippen LogP) is 0.877. The van der Waals surface area contributed by atoms with Gasteiger partial charge in [-0.15, -0.1) is 0 Å². The van der Waals surface area contributed by atoms with Crippen LogP contribution in [-0.2, 0) is 11.2 Å². The smallest absolute Gasteiger partial charge is 0.156 e. The van der Waals surface area contributed by atoms with Crippen LogP contribution in [0, 0.1) is 0 Å². The van der Waals surface area contributed by atoms with Crippen molar-refractivity contribution in [2.24, 2.45) is 0 Å². The molecule has 1 aliphatic heterocycles. The molecule has 0 aromatic carbocycles. The topological polar surface area (TPSA) is 45.2 Å². The molecule has 4 heteroatoms. The molecule has 2 heterocycles. The van der Waals surface area contributed by atoms with Crippen LogP contribution in [0.3, 0.4) is 0 Å². The van der Waals surface area contributed by atoms with Gasteiger partial charge in [0.25, 0.3) is 0 Å². The molecule has 4 nitrogen and oxygen atoms in total. The number of hydrogen-bond acceptors (Lipinski definition) is 4. The summed E-state index contributed by atoms with van der Waals surface area (Å²) in [5.74, 6) is 0.261. The van der Waals surface area contributed by atoms with Gasteiger partial charge in [0.1, 0.15) is 0 Å². The largest absolute Gasteiger partial charge is 0.314 e. The third kappa shape index (κ3) is 2.94. The average Bonchev–Trinajstić information content (AvgIpc) is 2.41. The minimum atomic E-state index is -0.391. The summed E-state index contributed by atoms with van der Waals surface area (Å²) >= 11 is 0. The molecule has 0 saturated carbocycles. The van der Waals surface area contributed by atoms with E-state index in [4.69, 9.17) is 0 Å². The molecule has 0 radical (unpaired) electrons. The van der Waals surface area contributed by atoms with E-state index in [1.807, 2.05) is 26.0 Å². The Balaban J connectivity index is 2.02. The van der Waals surface area contributed by atoms with Crippen LogP contribution in [0.15, 0.2) is 24.5 Å². The Hall–Kier alpha value is -1.26. The maximum absolute atomic E-state index is 12.4. The van der Waals surface area contributed by atoms with Crippen LogP contribution in [0.2, 0.25) is 0 Å². The lowest BCUT2D eigenvalue weighted by atomic mass is 9.91. The molecule has 2 rings (SSSR count). The Morgan fingerprint density at radius 1 is 1.44 bits per heavy atom. The van der Waals surface area contributed by atoms with Gasteiger partial charge in [0.2, 0.25) is 0 Å². The third-order valence-electron chi connectivity index (χ3n) is 3.68. The number of carbonyl (C=O) groups excluding carboxylic acids is 1. The molecule has 18 heavy (non-hydrogen) atoms. The summed E-state index contributed by atoms with van der Waals surface area (Å²) in [6.07, 6.45) is 3.96. The van der Waals surface area contributed by atoms with Gasteiger partial charge in [-0.05, 0) is 25.5 Å². The first-order valence-electron chi connectivity index (χ1n) is 6.48. The van der Waals surface area contributed by atoms with Crippen LogP contribution < -0.4 is 5.32 Å². The molecule has 1 aliphatic rings. The minimum Gasteiger partial charge on any atom is -0.314 e. The third-order valence-corrected chi connectivity index (χ3v) is 3.68. The summed E-state index contributed by atoms with van der Waals surface area (Å²) in [5, 5.41) is 3.31. The average molecular weight is 247 g/mol. The zero-order valence-electron chi connectivity index (χ0n) is 11.1. The highest BCUT2D eigenvalue weighted by Crippen LogP contribution is 2.18. The molecule has 1 aromatic heterocycles. The molecule has 98 valence electrons. The summed E-state index contributed by atoms with van der Waals surface area (Å²) in [5.41, 5.74) is 0.600. The first-order valence-corrected chi connectivity index (χ1v) is 6.48. The normalized spacial score (nSPS) is 17.7. The van der Waals surface area contributed by atoms with Crippen molar-refractivity contribution in [3.05, 3.63) is 30.1 Å². The second-order valence-corrected chi connectivity index (χ2v) is 5.26. The molecule has 0 spiro atoms. The van der Waals surface area contributed by atoms with Gasteiger partial charge in [0, 0.05) is 45.0 Å². The zero-order valence-corrected chi connectivity index (χ0v) is 11.1. The van der Waals surface area contributed by atoms with Crippen molar-refractivity contribution in [3.8, 4) is 0 Å². The van der Waals surface area contributed by atoms with E-state index in [1.54, 1.807) is 12.4 Å². The quantitative estimate of drug-likeness (QED) is 0.858. The molecule has 0 bridgehead atoms. The highest BCUT2D eigenvalue weighted by Gasteiger charge is 2.34. The minimum absolute atomic E-state index is 0.261. The fraction of sp³-hybridized carbons (Fsp3) is 0.571. The number of nitrogens with one attached hydrogen (secondary N) is 1. The van der Waals surface area contributed by atoms with Crippen LogP contribution in [0.4, 0.5) is 0 Å². The highest BCUT2D eigenvalue weighted by molar-refractivity contribution is 5.89. The Bertz CT molecular complexity index is 397. The number of pyridine rings is 1. The summed E-state index contributed by atoms with van der Waals surface area (Å²) in [4.78, 5) is 18.8. The molecule has 1 fully saturated rings. The lowest BCUT2D eigenvalue weighted by molar-refractivity contribution is -0.129. The SMILES string of the molecule is CC(C)(C(=O)Cc1cccnc1)N1CCNCC1. The molecular weight excluding hydrogens is 226 g/mol. The molecule has 0 atom stereocenters. The van der Waals surface area contributed by atoms with Crippen LogP contribution in [0.25, 0.3) is 0 Å². The molecule has 0 amide bonds. The standard InChI is InChI=1S/C14H21N3O/c1-14(2,17-8-6-15-7-9-17)13(18)10-12-4-3-5-16-11-12/h3-5,11,15H,6-10H2,1-2H3. The number of hydrogen-bond donors (Lipinski definition) is 1. The number of piperazine rings is 1. The number of rotatable bonds is 4. The van der Waals surface area contributed by atoms with Crippen LogP contribution in [0.1, 0.15) is 19.4 Å². The van der Waals surface area contributed by atoms with Gasteiger partial charge in [0.05, 0.1) is 5.54 Å². The maximum atomic E-state index is 12.4. The van der Waals surface area contributed by atoms with Crippen LogP contribution in [0.5, 0.6) is 0 Å². The summed E-state index contributed by atoms with van der Waals surface area (Å²) in [6.45, 7) is 7.85. The number of ketones is 1. The second-order valence-electron chi connectivity index (χ2n) is 5.26. The van der Waals surface area contributed by atoms with Crippen LogP contribution in [-0.4, -0.2) is 47.4 Å². The van der Waals surface area contributed by atoms with E-state index >= 15 is 0 Å². The van der Waals surface area contributed by atoms with E-state index in [0.717, 1.165) is 31.7 Å². The summed E-state index contributed by atoms with van der Waals surface area (Å²) in [6, 6.07) is 3.83. The predicted molar refractivity (Wildman–Crippen MR) is 71.5 cm³/mol. The van der Waals surface area contributed by atoms with Crippen molar-refractivity contribution in [1.82, 2.24) is 15.2 Å². The van der Waals surface area contributed by atoms with Crippen molar-refractivity contribution in [2.45, 2.75) is 25.8 Å². The van der Waals surface area contributed by atoms with Gasteiger partial charge in [0.15, 0.2) is 5.78 Å². The van der Waals surface area contributed by atoms with Gasteiger partial charge in [-0.1, -0.05) is 6.07 Å². The molecule has 0 aliphatic carbocycles.